The van der Waals surface area contributed by atoms with Crippen molar-refractivity contribution in [2.75, 3.05) is 0 Å². The molecule has 0 spiro atoms. The molecule has 6 nitrogen and oxygen atoms in total. The minimum absolute atomic E-state index is 0.201. The van der Waals surface area contributed by atoms with Gasteiger partial charge in [-0.2, -0.15) is 10.4 Å². The van der Waals surface area contributed by atoms with Crippen LogP contribution < -0.4 is 10.1 Å². The molecule has 3 aromatic rings. The Morgan fingerprint density at radius 3 is 2.59 bits per heavy atom. The third-order valence-electron chi connectivity index (χ3n) is 4.13. The molecule has 1 N–H and O–H groups in total. The van der Waals surface area contributed by atoms with Crippen molar-refractivity contribution < 1.29 is 9.53 Å². The van der Waals surface area contributed by atoms with Crippen LogP contribution in [-0.2, 0) is 17.9 Å². The molecule has 1 unspecified atom stereocenters. The normalized spacial score (nSPS) is 11.4. The van der Waals surface area contributed by atoms with Gasteiger partial charge in [0.25, 0.3) is 5.91 Å². The highest BCUT2D eigenvalue weighted by molar-refractivity contribution is 5.80. The Balaban J connectivity index is 1.57. The second-order valence-electron chi connectivity index (χ2n) is 6.09. The van der Waals surface area contributed by atoms with Crippen molar-refractivity contribution in [3.63, 3.8) is 0 Å². The van der Waals surface area contributed by atoms with Crippen molar-refractivity contribution in [1.29, 1.82) is 5.26 Å². The lowest BCUT2D eigenvalue weighted by atomic mass is 10.1. The van der Waals surface area contributed by atoms with Gasteiger partial charge in [-0.25, -0.2) is 0 Å². The molecule has 1 atom stereocenters. The molecule has 2 aromatic carbocycles. The summed E-state index contributed by atoms with van der Waals surface area (Å²) in [5.41, 5.74) is 2.68. The minimum atomic E-state index is -0.642. The molecule has 3 rings (SSSR count). The molecule has 1 heterocycles. The zero-order valence-electron chi connectivity index (χ0n) is 15.0. The van der Waals surface area contributed by atoms with Gasteiger partial charge < -0.3 is 10.1 Å². The van der Waals surface area contributed by atoms with E-state index < -0.39 is 6.10 Å². The largest absolute Gasteiger partial charge is 0.481 e. The second kappa shape index (κ2) is 8.68. The van der Waals surface area contributed by atoms with Gasteiger partial charge in [0.15, 0.2) is 6.10 Å². The number of hydrogen-bond donors (Lipinski definition) is 1. The summed E-state index contributed by atoms with van der Waals surface area (Å²) in [5.74, 6) is 0.351. The standard InChI is InChI=1S/C21H20N4O2/c1-16(27-20-9-7-17(13-22)8-10-20)21(26)23-14-18-5-2-3-6-19(18)15-25-12-4-11-24-25/h2-12,16H,14-15H2,1H3,(H,23,26). The Morgan fingerprint density at radius 2 is 1.93 bits per heavy atom. The summed E-state index contributed by atoms with van der Waals surface area (Å²) in [5, 5.41) is 16.0. The average Bonchev–Trinajstić information content (AvgIpc) is 3.20. The van der Waals surface area contributed by atoms with Crippen LogP contribution in [0.4, 0.5) is 0 Å². The second-order valence-corrected chi connectivity index (χ2v) is 6.09. The summed E-state index contributed by atoms with van der Waals surface area (Å²) in [6.07, 6.45) is 3.01. The lowest BCUT2D eigenvalue weighted by Gasteiger charge is -2.16. The van der Waals surface area contributed by atoms with Gasteiger partial charge in [0.2, 0.25) is 0 Å². The molecule has 136 valence electrons. The number of rotatable bonds is 7. The quantitative estimate of drug-likeness (QED) is 0.703. The molecular weight excluding hydrogens is 340 g/mol. The van der Waals surface area contributed by atoms with Crippen molar-refractivity contribution in [1.82, 2.24) is 15.1 Å². The van der Waals surface area contributed by atoms with E-state index in [1.165, 1.54) is 0 Å². The monoisotopic (exact) mass is 360 g/mol. The molecule has 0 fully saturated rings. The maximum absolute atomic E-state index is 12.4. The number of carbonyl (C=O) groups is 1. The van der Waals surface area contributed by atoms with Crippen molar-refractivity contribution in [2.24, 2.45) is 0 Å². The summed E-state index contributed by atoms with van der Waals surface area (Å²) in [6, 6.07) is 18.6. The highest BCUT2D eigenvalue weighted by atomic mass is 16.5. The molecular formula is C21H20N4O2. The summed E-state index contributed by atoms with van der Waals surface area (Å²) in [6.45, 7) is 2.76. The summed E-state index contributed by atoms with van der Waals surface area (Å²) < 4.78 is 7.49. The first-order valence-corrected chi connectivity index (χ1v) is 8.64. The van der Waals surface area contributed by atoms with Crippen LogP contribution >= 0.6 is 0 Å². The number of benzene rings is 2. The molecule has 1 amide bonds. The van der Waals surface area contributed by atoms with E-state index in [0.717, 1.165) is 11.1 Å². The maximum Gasteiger partial charge on any atom is 0.261 e. The van der Waals surface area contributed by atoms with Crippen molar-refractivity contribution in [3.05, 3.63) is 83.7 Å². The summed E-state index contributed by atoms with van der Waals surface area (Å²) >= 11 is 0. The number of nitrogens with one attached hydrogen (secondary N) is 1. The third-order valence-corrected chi connectivity index (χ3v) is 4.13. The van der Waals surface area contributed by atoms with Crippen LogP contribution in [0.2, 0.25) is 0 Å². The predicted molar refractivity (Wildman–Crippen MR) is 101 cm³/mol. The molecule has 0 saturated carbocycles. The molecule has 0 bridgehead atoms. The first-order chi connectivity index (χ1) is 13.2. The van der Waals surface area contributed by atoms with Crippen LogP contribution in [0.25, 0.3) is 0 Å². The zero-order chi connectivity index (χ0) is 19.1. The number of ether oxygens (including phenoxy) is 1. The third kappa shape index (κ3) is 4.95. The van der Waals surface area contributed by atoms with Crippen LogP contribution in [0, 0.1) is 11.3 Å². The van der Waals surface area contributed by atoms with Gasteiger partial charge in [-0.1, -0.05) is 24.3 Å². The van der Waals surface area contributed by atoms with E-state index >= 15 is 0 Å². The van der Waals surface area contributed by atoms with Crippen molar-refractivity contribution in [3.8, 4) is 11.8 Å². The van der Waals surface area contributed by atoms with Gasteiger partial charge in [-0.15, -0.1) is 0 Å². The number of aromatic nitrogens is 2. The average molecular weight is 360 g/mol. The predicted octanol–water partition coefficient (Wildman–Crippen LogP) is 2.89. The molecule has 27 heavy (non-hydrogen) atoms. The van der Waals surface area contributed by atoms with Gasteiger partial charge in [0, 0.05) is 18.9 Å². The zero-order valence-corrected chi connectivity index (χ0v) is 15.0. The number of carbonyl (C=O) groups excluding carboxylic acids is 1. The van der Waals surface area contributed by atoms with Gasteiger partial charge in [-0.05, 0) is 48.4 Å². The fraction of sp³-hybridized carbons (Fsp3) is 0.190. The molecule has 0 saturated heterocycles. The number of hydrogen-bond acceptors (Lipinski definition) is 4. The fourth-order valence-corrected chi connectivity index (χ4v) is 2.64. The van der Waals surface area contributed by atoms with Gasteiger partial charge in [-0.3, -0.25) is 9.48 Å². The summed E-state index contributed by atoms with van der Waals surface area (Å²) in [4.78, 5) is 12.4. The van der Waals surface area contributed by atoms with Crippen molar-refractivity contribution >= 4 is 5.91 Å². The van der Waals surface area contributed by atoms with Crippen LogP contribution in [0.1, 0.15) is 23.6 Å². The van der Waals surface area contributed by atoms with E-state index in [0.29, 0.717) is 24.4 Å². The van der Waals surface area contributed by atoms with Gasteiger partial charge in [0.05, 0.1) is 18.2 Å². The Labute approximate surface area is 158 Å². The van der Waals surface area contributed by atoms with E-state index in [1.54, 1.807) is 37.4 Å². The molecule has 0 radical (unpaired) electrons. The Hall–Kier alpha value is -3.59. The fourth-order valence-electron chi connectivity index (χ4n) is 2.64. The Bertz CT molecular complexity index is 928. The van der Waals surface area contributed by atoms with E-state index in [4.69, 9.17) is 10.00 Å². The number of nitriles is 1. The first-order valence-electron chi connectivity index (χ1n) is 8.64. The van der Waals surface area contributed by atoms with Gasteiger partial charge in [0.1, 0.15) is 5.75 Å². The summed E-state index contributed by atoms with van der Waals surface area (Å²) in [7, 11) is 0. The van der Waals surface area contributed by atoms with Crippen LogP contribution in [-0.4, -0.2) is 21.8 Å². The lowest BCUT2D eigenvalue weighted by molar-refractivity contribution is -0.127. The topological polar surface area (TPSA) is 79.9 Å². The van der Waals surface area contributed by atoms with E-state index in [1.807, 2.05) is 47.3 Å². The van der Waals surface area contributed by atoms with Crippen LogP contribution in [0.3, 0.4) is 0 Å². The molecule has 0 aliphatic rings. The highest BCUT2D eigenvalue weighted by Crippen LogP contribution is 2.14. The minimum Gasteiger partial charge on any atom is -0.481 e. The lowest BCUT2D eigenvalue weighted by Crippen LogP contribution is -2.36. The van der Waals surface area contributed by atoms with Crippen molar-refractivity contribution in [2.45, 2.75) is 26.1 Å². The van der Waals surface area contributed by atoms with Crippen LogP contribution in [0.15, 0.2) is 67.0 Å². The first kappa shape index (κ1) is 18.2. The molecule has 0 aliphatic heterocycles. The van der Waals surface area contributed by atoms with E-state index in [9.17, 15) is 4.79 Å². The smallest absolute Gasteiger partial charge is 0.261 e. The SMILES string of the molecule is CC(Oc1ccc(C#N)cc1)C(=O)NCc1ccccc1Cn1cccn1. The molecule has 0 aliphatic carbocycles. The molecule has 6 heteroatoms. The maximum atomic E-state index is 12.4. The van der Waals surface area contributed by atoms with Crippen LogP contribution in [0.5, 0.6) is 5.75 Å². The number of amides is 1. The van der Waals surface area contributed by atoms with Gasteiger partial charge >= 0.3 is 0 Å². The van der Waals surface area contributed by atoms with E-state index in [-0.39, 0.29) is 5.91 Å². The Morgan fingerprint density at radius 1 is 1.19 bits per heavy atom. The highest BCUT2D eigenvalue weighted by Gasteiger charge is 2.15. The number of nitrogens with zero attached hydrogens (tertiary/aromatic N) is 3. The Kier molecular flexibility index (Phi) is 5.85. The van der Waals surface area contributed by atoms with E-state index in [2.05, 4.69) is 10.4 Å². The molecule has 1 aromatic heterocycles.